The number of amides is 3. The zero-order chi connectivity index (χ0) is 25.7. The molecule has 3 heterocycles. The number of methoxy groups -OCH3 is 1. The van der Waals surface area contributed by atoms with Gasteiger partial charge in [0.2, 0.25) is 11.9 Å². The third-order valence-corrected chi connectivity index (χ3v) is 5.59. The number of ether oxygens (including phenoxy) is 1. The van der Waals surface area contributed by atoms with Gasteiger partial charge >= 0.3 is 6.03 Å². The van der Waals surface area contributed by atoms with E-state index in [2.05, 4.69) is 32.2 Å². The van der Waals surface area contributed by atoms with Crippen LogP contribution in [0.15, 0.2) is 61.4 Å². The number of hydrogen-bond acceptors (Lipinski definition) is 7. The first-order valence-corrected chi connectivity index (χ1v) is 11.8. The van der Waals surface area contributed by atoms with Crippen molar-refractivity contribution in [3.8, 4) is 5.75 Å². The van der Waals surface area contributed by atoms with Crippen molar-refractivity contribution in [2.24, 2.45) is 0 Å². The van der Waals surface area contributed by atoms with Gasteiger partial charge < -0.3 is 20.3 Å². The first-order chi connectivity index (χ1) is 17.6. The zero-order valence-electron chi connectivity index (χ0n) is 20.6. The van der Waals surface area contributed by atoms with Crippen molar-refractivity contribution >= 4 is 40.9 Å². The van der Waals surface area contributed by atoms with Crippen LogP contribution in [0.2, 0.25) is 0 Å². The lowest BCUT2D eigenvalue weighted by molar-refractivity contribution is -0.111. The molecule has 0 atom stereocenters. The highest BCUT2D eigenvalue weighted by Crippen LogP contribution is 2.39. The number of rotatable bonds is 7. The molecule has 1 aliphatic carbocycles. The van der Waals surface area contributed by atoms with Crippen molar-refractivity contribution in [3.63, 3.8) is 0 Å². The Hall–Kier alpha value is -4.47. The second kappa shape index (κ2) is 10.9. The molecule has 1 aliphatic heterocycles. The maximum atomic E-state index is 13.5. The molecule has 3 amide bonds. The molecule has 2 aromatic heterocycles. The number of nitrogens with one attached hydrogen (secondary N) is 2. The molecule has 3 aromatic rings. The summed E-state index contributed by atoms with van der Waals surface area (Å²) in [6.45, 7) is 7.93. The van der Waals surface area contributed by atoms with Crippen LogP contribution in [0.3, 0.4) is 0 Å². The summed E-state index contributed by atoms with van der Waals surface area (Å²) in [7, 11) is 1.57. The number of carbonyl (C=O) groups is 2. The Bertz CT molecular complexity index is 1260. The Labute approximate surface area is 210 Å². The van der Waals surface area contributed by atoms with Crippen LogP contribution in [0.5, 0.6) is 5.75 Å². The maximum Gasteiger partial charge on any atom is 0.330 e. The first-order valence-electron chi connectivity index (χ1n) is 11.8. The van der Waals surface area contributed by atoms with Crippen LogP contribution in [-0.4, -0.2) is 44.9 Å². The van der Waals surface area contributed by atoms with E-state index in [1.165, 1.54) is 6.08 Å². The normalized spacial score (nSPS) is 14.2. The maximum absolute atomic E-state index is 13.5. The molecule has 2 aliphatic rings. The summed E-state index contributed by atoms with van der Waals surface area (Å²) in [5.74, 6) is 1.65. The van der Waals surface area contributed by atoms with E-state index >= 15 is 0 Å². The van der Waals surface area contributed by atoms with Crippen molar-refractivity contribution in [1.29, 1.82) is 0 Å². The fraction of sp³-hybridized carbons (Fsp3) is 0.269. The molecule has 0 spiro atoms. The second-order valence-corrected chi connectivity index (χ2v) is 7.97. The Morgan fingerprint density at radius 1 is 1.17 bits per heavy atom. The molecule has 1 saturated carbocycles. The summed E-state index contributed by atoms with van der Waals surface area (Å²) < 4.78 is 5.14. The summed E-state index contributed by atoms with van der Waals surface area (Å²) >= 11 is 0. The zero-order valence-corrected chi connectivity index (χ0v) is 20.6. The highest BCUT2D eigenvalue weighted by Gasteiger charge is 2.41. The highest BCUT2D eigenvalue weighted by molar-refractivity contribution is 6.03. The average molecular weight is 488 g/mol. The molecule has 1 fully saturated rings. The quantitative estimate of drug-likeness (QED) is 0.451. The number of pyridine rings is 1. The van der Waals surface area contributed by atoms with Gasteiger partial charge in [-0.2, -0.15) is 4.98 Å². The van der Waals surface area contributed by atoms with Crippen molar-refractivity contribution in [2.45, 2.75) is 39.3 Å². The molecule has 0 bridgehead atoms. The monoisotopic (exact) mass is 487 g/mol. The van der Waals surface area contributed by atoms with Gasteiger partial charge in [-0.15, -0.1) is 0 Å². The molecule has 5 rings (SSSR count). The lowest BCUT2D eigenvalue weighted by Crippen LogP contribution is -2.46. The van der Waals surface area contributed by atoms with Gasteiger partial charge in [0, 0.05) is 23.5 Å². The first kappa shape index (κ1) is 24.6. The predicted octanol–water partition coefficient (Wildman–Crippen LogP) is 5.01. The van der Waals surface area contributed by atoms with Crippen LogP contribution < -0.4 is 20.3 Å². The lowest BCUT2D eigenvalue weighted by atomic mass is 10.1. The number of aromatic nitrogens is 3. The molecule has 36 heavy (non-hydrogen) atoms. The van der Waals surface area contributed by atoms with Crippen molar-refractivity contribution in [2.75, 3.05) is 22.6 Å². The minimum Gasteiger partial charge on any atom is -0.495 e. The molecule has 10 heteroatoms. The SMILES string of the molecule is C=CC(=O)Nc1cccc(N2C(=O)N(C3CC3)Cc3cnc(Nc4ccc(OC)cn4)nc32)c1.CC. The minimum atomic E-state index is -0.331. The van der Waals surface area contributed by atoms with Gasteiger partial charge in [-0.3, -0.25) is 4.79 Å². The molecular weight excluding hydrogens is 458 g/mol. The second-order valence-electron chi connectivity index (χ2n) is 7.97. The standard InChI is InChI=1S/C24H23N7O3.C2H6/c1-3-21(32)27-16-5-4-6-18(11-16)31-22-15(14-30(24(31)33)17-7-8-17)12-26-23(29-22)28-20-10-9-19(34-2)13-25-20;1-2/h3-6,9-13,17H,1,7-8,14H2,2H3,(H,27,32)(H,25,26,28,29);1-2H3. The Balaban J connectivity index is 0.00000148. The van der Waals surface area contributed by atoms with Gasteiger partial charge in [0.15, 0.2) is 5.82 Å². The van der Waals surface area contributed by atoms with Gasteiger partial charge in [-0.05, 0) is 49.2 Å². The van der Waals surface area contributed by atoms with Crippen LogP contribution in [0.4, 0.5) is 33.8 Å². The fourth-order valence-electron chi connectivity index (χ4n) is 3.74. The number of benzene rings is 1. The van der Waals surface area contributed by atoms with E-state index in [0.29, 0.717) is 41.3 Å². The van der Waals surface area contributed by atoms with E-state index in [0.717, 1.165) is 18.4 Å². The molecule has 10 nitrogen and oxygen atoms in total. The van der Waals surface area contributed by atoms with Crippen LogP contribution in [-0.2, 0) is 11.3 Å². The number of carbonyl (C=O) groups excluding carboxylic acids is 2. The molecule has 1 aromatic carbocycles. The van der Waals surface area contributed by atoms with E-state index in [1.54, 1.807) is 54.7 Å². The third kappa shape index (κ3) is 5.27. The largest absolute Gasteiger partial charge is 0.495 e. The van der Waals surface area contributed by atoms with Crippen molar-refractivity contribution < 1.29 is 14.3 Å². The van der Waals surface area contributed by atoms with E-state index in [1.807, 2.05) is 24.8 Å². The molecule has 0 saturated heterocycles. The number of fused-ring (bicyclic) bond motifs is 1. The van der Waals surface area contributed by atoms with Gasteiger partial charge in [0.05, 0.1) is 25.5 Å². The highest BCUT2D eigenvalue weighted by atomic mass is 16.5. The van der Waals surface area contributed by atoms with Gasteiger partial charge in [0.25, 0.3) is 0 Å². The Morgan fingerprint density at radius 3 is 2.64 bits per heavy atom. The minimum absolute atomic E-state index is 0.158. The summed E-state index contributed by atoms with van der Waals surface area (Å²) in [5, 5.41) is 5.81. The van der Waals surface area contributed by atoms with E-state index in [9.17, 15) is 9.59 Å². The Morgan fingerprint density at radius 2 is 1.97 bits per heavy atom. The number of nitrogens with zero attached hydrogens (tertiary/aromatic N) is 5. The number of hydrogen-bond donors (Lipinski definition) is 2. The van der Waals surface area contributed by atoms with E-state index < -0.39 is 0 Å². The summed E-state index contributed by atoms with van der Waals surface area (Å²) in [6.07, 6.45) is 6.47. The lowest BCUT2D eigenvalue weighted by Gasteiger charge is -2.36. The van der Waals surface area contributed by atoms with E-state index in [4.69, 9.17) is 4.74 Å². The number of urea groups is 1. The third-order valence-electron chi connectivity index (χ3n) is 5.59. The molecule has 0 radical (unpaired) electrons. The smallest absolute Gasteiger partial charge is 0.330 e. The average Bonchev–Trinajstić information content (AvgIpc) is 3.75. The topological polar surface area (TPSA) is 113 Å². The van der Waals surface area contributed by atoms with Crippen LogP contribution in [0, 0.1) is 0 Å². The summed E-state index contributed by atoms with van der Waals surface area (Å²) in [5.41, 5.74) is 1.97. The Kier molecular flexibility index (Phi) is 7.43. The van der Waals surface area contributed by atoms with Crippen molar-refractivity contribution in [3.05, 3.63) is 67.0 Å². The van der Waals surface area contributed by atoms with Gasteiger partial charge in [0.1, 0.15) is 11.6 Å². The molecule has 0 unspecified atom stereocenters. The van der Waals surface area contributed by atoms with Crippen LogP contribution in [0.25, 0.3) is 0 Å². The van der Waals surface area contributed by atoms with E-state index in [-0.39, 0.29) is 18.0 Å². The van der Waals surface area contributed by atoms with Crippen LogP contribution >= 0.6 is 0 Å². The number of anilines is 5. The summed E-state index contributed by atoms with van der Waals surface area (Å²) in [4.78, 5) is 42.1. The predicted molar refractivity (Wildman–Crippen MR) is 139 cm³/mol. The molecular formula is C26H29N7O3. The van der Waals surface area contributed by atoms with Gasteiger partial charge in [-0.25, -0.2) is 19.7 Å². The molecule has 2 N–H and O–H groups in total. The van der Waals surface area contributed by atoms with Crippen molar-refractivity contribution in [1.82, 2.24) is 19.9 Å². The van der Waals surface area contributed by atoms with Crippen LogP contribution in [0.1, 0.15) is 32.3 Å². The fourth-order valence-corrected chi connectivity index (χ4v) is 3.74. The van der Waals surface area contributed by atoms with Gasteiger partial charge in [-0.1, -0.05) is 26.5 Å². The summed E-state index contributed by atoms with van der Waals surface area (Å²) in [6, 6.07) is 10.7. The molecule has 186 valence electrons.